The quantitative estimate of drug-likeness (QED) is 0.785. The third kappa shape index (κ3) is 2.56. The molecule has 0 unspecified atom stereocenters. The topological polar surface area (TPSA) is 33.2 Å². The molecule has 2 rings (SSSR count). The van der Waals surface area contributed by atoms with Crippen LogP contribution in [0, 0.1) is 0 Å². The average molecular weight is 269 g/mol. The highest BCUT2D eigenvalue weighted by atomic mass is 79.9. The molecule has 0 aromatic carbocycles. The zero-order chi connectivity index (χ0) is 10.7. The Hall–Kier alpha value is -0.900. The molecule has 0 bridgehead atoms. The molecule has 0 N–H and O–H groups in total. The molecule has 1 aromatic heterocycles. The van der Waals surface area contributed by atoms with Gasteiger partial charge in [0.2, 0.25) is 5.91 Å². The van der Waals surface area contributed by atoms with Crippen LogP contribution in [0.2, 0.25) is 0 Å². The summed E-state index contributed by atoms with van der Waals surface area (Å²) in [5.74, 6) is 0.965. The lowest BCUT2D eigenvalue weighted by Crippen LogP contribution is -2.30. The number of pyridine rings is 1. The molecule has 1 aromatic rings. The van der Waals surface area contributed by atoms with E-state index in [-0.39, 0.29) is 5.91 Å². The van der Waals surface area contributed by atoms with Crippen LogP contribution in [0.3, 0.4) is 0 Å². The van der Waals surface area contributed by atoms with Gasteiger partial charge in [0.15, 0.2) is 0 Å². The standard InChI is InChI=1S/C11H13BrN2O/c12-9-5-6-10(13-8-9)14-7-3-1-2-4-11(14)15/h5-6,8H,1-4,7H2. The van der Waals surface area contributed by atoms with Gasteiger partial charge in [0, 0.05) is 23.6 Å². The maximum absolute atomic E-state index is 11.8. The van der Waals surface area contributed by atoms with Crippen molar-refractivity contribution in [3.05, 3.63) is 22.8 Å². The number of hydrogen-bond acceptors (Lipinski definition) is 2. The van der Waals surface area contributed by atoms with Crippen LogP contribution in [0.4, 0.5) is 5.82 Å². The highest BCUT2D eigenvalue weighted by molar-refractivity contribution is 9.10. The monoisotopic (exact) mass is 268 g/mol. The minimum atomic E-state index is 0.197. The normalized spacial score (nSPS) is 17.7. The van der Waals surface area contributed by atoms with E-state index in [9.17, 15) is 4.79 Å². The van der Waals surface area contributed by atoms with Gasteiger partial charge >= 0.3 is 0 Å². The fourth-order valence-corrected chi connectivity index (χ4v) is 1.99. The number of aromatic nitrogens is 1. The largest absolute Gasteiger partial charge is 0.297 e. The Balaban J connectivity index is 2.20. The highest BCUT2D eigenvalue weighted by Gasteiger charge is 2.18. The zero-order valence-corrected chi connectivity index (χ0v) is 10.0. The maximum atomic E-state index is 11.8. The first-order chi connectivity index (χ1) is 7.27. The van der Waals surface area contributed by atoms with Crippen LogP contribution in [-0.4, -0.2) is 17.4 Å². The molecule has 80 valence electrons. The fraction of sp³-hybridized carbons (Fsp3) is 0.455. The third-order valence-electron chi connectivity index (χ3n) is 2.56. The van der Waals surface area contributed by atoms with E-state index in [0.29, 0.717) is 6.42 Å². The Morgan fingerprint density at radius 3 is 2.87 bits per heavy atom. The maximum Gasteiger partial charge on any atom is 0.228 e. The summed E-state index contributed by atoms with van der Waals surface area (Å²) in [6, 6.07) is 3.80. The Kier molecular flexibility index (Phi) is 3.36. The average Bonchev–Trinajstić information content (AvgIpc) is 2.44. The first-order valence-corrected chi connectivity index (χ1v) is 5.98. The lowest BCUT2D eigenvalue weighted by molar-refractivity contribution is -0.118. The van der Waals surface area contributed by atoms with E-state index in [1.807, 2.05) is 12.1 Å². The van der Waals surface area contributed by atoms with Crippen molar-refractivity contribution in [1.82, 2.24) is 4.98 Å². The number of amides is 1. The summed E-state index contributed by atoms with van der Waals surface area (Å²) in [6.45, 7) is 0.799. The SMILES string of the molecule is O=C1CCCCCN1c1ccc(Br)cn1. The number of carbonyl (C=O) groups is 1. The zero-order valence-electron chi connectivity index (χ0n) is 8.45. The van der Waals surface area contributed by atoms with Crippen LogP contribution in [0.25, 0.3) is 0 Å². The molecule has 1 amide bonds. The second-order valence-corrected chi connectivity index (χ2v) is 4.61. The number of halogens is 1. The van der Waals surface area contributed by atoms with E-state index in [2.05, 4.69) is 20.9 Å². The third-order valence-corrected chi connectivity index (χ3v) is 3.03. The first-order valence-electron chi connectivity index (χ1n) is 5.19. The fourth-order valence-electron chi connectivity index (χ4n) is 1.75. The van der Waals surface area contributed by atoms with Crippen molar-refractivity contribution in [2.45, 2.75) is 25.7 Å². The van der Waals surface area contributed by atoms with Gasteiger partial charge in [-0.05, 0) is 40.9 Å². The molecule has 0 radical (unpaired) electrons. The Morgan fingerprint density at radius 2 is 2.13 bits per heavy atom. The molecule has 0 saturated carbocycles. The number of hydrogen-bond donors (Lipinski definition) is 0. The van der Waals surface area contributed by atoms with Crippen molar-refractivity contribution in [1.29, 1.82) is 0 Å². The minimum Gasteiger partial charge on any atom is -0.297 e. The molecule has 1 aliphatic rings. The van der Waals surface area contributed by atoms with Gasteiger partial charge in [0.1, 0.15) is 5.82 Å². The van der Waals surface area contributed by atoms with E-state index in [4.69, 9.17) is 0 Å². The summed E-state index contributed by atoms with van der Waals surface area (Å²) in [6.07, 6.45) is 5.60. The van der Waals surface area contributed by atoms with Gasteiger partial charge in [-0.1, -0.05) is 6.42 Å². The summed E-state index contributed by atoms with van der Waals surface area (Å²) in [7, 11) is 0. The number of carbonyl (C=O) groups excluding carboxylic acids is 1. The van der Waals surface area contributed by atoms with Crippen LogP contribution < -0.4 is 4.90 Å². The van der Waals surface area contributed by atoms with Crippen molar-refractivity contribution >= 4 is 27.7 Å². The molecule has 2 heterocycles. The Labute approximate surface area is 97.6 Å². The van der Waals surface area contributed by atoms with E-state index < -0.39 is 0 Å². The molecule has 1 fully saturated rings. The molecule has 1 saturated heterocycles. The summed E-state index contributed by atoms with van der Waals surface area (Å²) < 4.78 is 0.938. The van der Waals surface area contributed by atoms with E-state index in [1.165, 1.54) is 0 Å². The number of rotatable bonds is 1. The molecule has 1 aliphatic heterocycles. The van der Waals surface area contributed by atoms with Gasteiger partial charge in [-0.25, -0.2) is 4.98 Å². The smallest absolute Gasteiger partial charge is 0.228 e. The van der Waals surface area contributed by atoms with Crippen molar-refractivity contribution in [3.63, 3.8) is 0 Å². The van der Waals surface area contributed by atoms with Crippen molar-refractivity contribution in [3.8, 4) is 0 Å². The Bertz CT molecular complexity index is 350. The molecule has 0 aliphatic carbocycles. The van der Waals surface area contributed by atoms with Gasteiger partial charge in [-0.3, -0.25) is 9.69 Å². The molecule has 0 atom stereocenters. The summed E-state index contributed by atoms with van der Waals surface area (Å²) in [5, 5.41) is 0. The second kappa shape index (κ2) is 4.75. The van der Waals surface area contributed by atoms with Gasteiger partial charge in [-0.2, -0.15) is 0 Å². The van der Waals surface area contributed by atoms with E-state index in [1.54, 1.807) is 11.1 Å². The van der Waals surface area contributed by atoms with Crippen molar-refractivity contribution in [2.24, 2.45) is 0 Å². The van der Waals surface area contributed by atoms with Gasteiger partial charge in [0.25, 0.3) is 0 Å². The summed E-state index contributed by atoms with van der Waals surface area (Å²) in [4.78, 5) is 17.8. The van der Waals surface area contributed by atoms with Crippen molar-refractivity contribution < 1.29 is 4.79 Å². The highest BCUT2D eigenvalue weighted by Crippen LogP contribution is 2.19. The lowest BCUT2D eigenvalue weighted by atomic mass is 10.2. The Morgan fingerprint density at radius 1 is 1.27 bits per heavy atom. The number of nitrogens with zero attached hydrogens (tertiary/aromatic N) is 2. The molecule has 3 nitrogen and oxygen atoms in total. The molecular formula is C11H13BrN2O. The van der Waals surface area contributed by atoms with E-state index in [0.717, 1.165) is 36.1 Å². The summed E-state index contributed by atoms with van der Waals surface area (Å²) >= 11 is 3.33. The molecule has 15 heavy (non-hydrogen) atoms. The predicted molar refractivity (Wildman–Crippen MR) is 62.8 cm³/mol. The van der Waals surface area contributed by atoms with Crippen LogP contribution in [0.15, 0.2) is 22.8 Å². The first kappa shape index (κ1) is 10.6. The lowest BCUT2D eigenvalue weighted by Gasteiger charge is -2.19. The van der Waals surface area contributed by atoms with Crippen LogP contribution in [0.1, 0.15) is 25.7 Å². The molecule has 0 spiro atoms. The second-order valence-electron chi connectivity index (χ2n) is 3.69. The molecule has 4 heteroatoms. The van der Waals surface area contributed by atoms with Crippen LogP contribution in [-0.2, 0) is 4.79 Å². The van der Waals surface area contributed by atoms with E-state index >= 15 is 0 Å². The van der Waals surface area contributed by atoms with Gasteiger partial charge in [0.05, 0.1) is 0 Å². The van der Waals surface area contributed by atoms with Crippen LogP contribution in [0.5, 0.6) is 0 Å². The van der Waals surface area contributed by atoms with Gasteiger partial charge in [-0.15, -0.1) is 0 Å². The number of anilines is 1. The van der Waals surface area contributed by atoms with Crippen molar-refractivity contribution in [2.75, 3.05) is 11.4 Å². The van der Waals surface area contributed by atoms with Crippen LogP contribution >= 0.6 is 15.9 Å². The summed E-state index contributed by atoms with van der Waals surface area (Å²) in [5.41, 5.74) is 0. The molecular weight excluding hydrogens is 256 g/mol. The predicted octanol–water partition coefficient (Wildman–Crippen LogP) is 2.75. The minimum absolute atomic E-state index is 0.197. The van der Waals surface area contributed by atoms with Gasteiger partial charge < -0.3 is 0 Å².